The first kappa shape index (κ1) is 20.4. The molecule has 0 spiro atoms. The molecule has 2 heterocycles. The molecule has 146 valence electrons. The van der Waals surface area contributed by atoms with Crippen molar-refractivity contribution in [3.8, 4) is 23.1 Å². The van der Waals surface area contributed by atoms with Gasteiger partial charge in [-0.25, -0.2) is 9.38 Å². The van der Waals surface area contributed by atoms with Gasteiger partial charge in [-0.15, -0.1) is 0 Å². The molecule has 0 unspecified atom stereocenters. The Morgan fingerprint density at radius 2 is 1.86 bits per heavy atom. The Kier molecular flexibility index (Phi) is 5.62. The fraction of sp³-hybridized carbons (Fsp3) is 0.182. The lowest BCUT2D eigenvalue weighted by Gasteiger charge is -2.18. The van der Waals surface area contributed by atoms with Gasteiger partial charge in [-0.05, 0) is 36.4 Å². The maximum absolute atomic E-state index is 13.4. The van der Waals surface area contributed by atoms with Crippen molar-refractivity contribution < 1.29 is 9.50 Å². The van der Waals surface area contributed by atoms with Crippen molar-refractivity contribution in [1.29, 1.82) is 5.26 Å². The molecule has 1 N–H and O–H groups in total. The van der Waals surface area contributed by atoms with Gasteiger partial charge in [0.15, 0.2) is 11.5 Å². The average molecular weight is 409 g/mol. The van der Waals surface area contributed by atoms with E-state index in [1.807, 2.05) is 32.9 Å². The fourth-order valence-electron chi connectivity index (χ4n) is 2.67. The molecule has 7 heteroatoms. The molecule has 29 heavy (non-hydrogen) atoms. The second-order valence-electron chi connectivity index (χ2n) is 7.41. The normalized spacial score (nSPS) is 11.9. The summed E-state index contributed by atoms with van der Waals surface area (Å²) in [7, 11) is 0. The highest BCUT2D eigenvalue weighted by Crippen LogP contribution is 2.33. The second kappa shape index (κ2) is 7.98. The predicted octanol–water partition coefficient (Wildman–Crippen LogP) is 5.58. The summed E-state index contributed by atoms with van der Waals surface area (Å²) in [5, 5.41) is 20.3. The van der Waals surface area contributed by atoms with E-state index in [1.54, 1.807) is 12.3 Å². The third kappa shape index (κ3) is 4.41. The Labute approximate surface area is 173 Å². The third-order valence-corrected chi connectivity index (χ3v) is 4.52. The van der Waals surface area contributed by atoms with Gasteiger partial charge >= 0.3 is 0 Å². The van der Waals surface area contributed by atoms with Crippen LogP contribution in [0.1, 0.15) is 32.0 Å². The lowest BCUT2D eigenvalue weighted by atomic mass is 9.90. The zero-order valence-corrected chi connectivity index (χ0v) is 16.9. The summed E-state index contributed by atoms with van der Waals surface area (Å²) in [4.78, 5) is 12.9. The van der Waals surface area contributed by atoms with Gasteiger partial charge in [0.2, 0.25) is 0 Å². The van der Waals surface area contributed by atoms with Gasteiger partial charge in [0.05, 0.1) is 16.3 Å². The summed E-state index contributed by atoms with van der Waals surface area (Å²) in [6.07, 6.45) is 3.15. The molecule has 0 bridgehead atoms. The van der Waals surface area contributed by atoms with Crippen molar-refractivity contribution in [3.05, 3.63) is 70.9 Å². The molecule has 2 aromatic heterocycles. The van der Waals surface area contributed by atoms with Crippen LogP contribution in [0.3, 0.4) is 0 Å². The Hall–Kier alpha value is -3.30. The molecule has 0 radical (unpaired) electrons. The first-order chi connectivity index (χ1) is 13.7. The van der Waals surface area contributed by atoms with Crippen molar-refractivity contribution in [2.75, 3.05) is 0 Å². The number of hydrogen-bond donors (Lipinski definition) is 1. The van der Waals surface area contributed by atoms with Gasteiger partial charge < -0.3 is 5.11 Å². The smallest absolute Gasteiger partial charge is 0.152 e. The summed E-state index contributed by atoms with van der Waals surface area (Å²) in [6.45, 7) is 6.12. The zero-order valence-electron chi connectivity index (χ0n) is 16.1. The number of aromatic hydroxyl groups is 1. The van der Waals surface area contributed by atoms with Gasteiger partial charge in [0.1, 0.15) is 17.6 Å². The molecular weight excluding hydrogens is 391 g/mol. The maximum atomic E-state index is 13.4. The Morgan fingerprint density at radius 3 is 2.52 bits per heavy atom. The highest BCUT2D eigenvalue weighted by atomic mass is 35.5. The van der Waals surface area contributed by atoms with Crippen LogP contribution < -0.4 is 0 Å². The number of rotatable bonds is 3. The van der Waals surface area contributed by atoms with Gasteiger partial charge in [-0.2, -0.15) is 5.26 Å². The Morgan fingerprint density at radius 1 is 1.14 bits per heavy atom. The number of pyridine rings is 2. The van der Waals surface area contributed by atoms with Crippen LogP contribution in [0.25, 0.3) is 11.3 Å². The first-order valence-corrected chi connectivity index (χ1v) is 9.17. The van der Waals surface area contributed by atoms with Gasteiger partial charge in [0.25, 0.3) is 0 Å². The molecule has 0 fully saturated rings. The molecule has 3 aromatic rings. The minimum Gasteiger partial charge on any atom is -0.505 e. The number of aliphatic imine (C=N–C) groups is 1. The number of hydrogen-bond acceptors (Lipinski definition) is 5. The molecule has 0 amide bonds. The molecular formula is C22H18ClFN4O. The van der Waals surface area contributed by atoms with Crippen LogP contribution in [0.2, 0.25) is 5.02 Å². The van der Waals surface area contributed by atoms with Crippen molar-refractivity contribution in [2.45, 2.75) is 26.2 Å². The number of benzene rings is 1. The van der Waals surface area contributed by atoms with Crippen LogP contribution in [0.15, 0.2) is 53.8 Å². The van der Waals surface area contributed by atoms with E-state index in [0.717, 1.165) is 5.69 Å². The Bertz CT molecular complexity index is 1150. The largest absolute Gasteiger partial charge is 0.505 e. The Balaban J connectivity index is 2.09. The number of nitriles is 1. The standard InChI is InChI=1S/C22H18ClFN4O/c1-22(2,3)19-10-13(6-8-26-19)20-21(29)15(7-9-27-20)18(12-25)28-14-4-5-17(24)16(23)11-14/h4-11,29H,1-3H3/b28-18+. The highest BCUT2D eigenvalue weighted by Gasteiger charge is 2.19. The highest BCUT2D eigenvalue weighted by molar-refractivity contribution is 6.31. The SMILES string of the molecule is CC(C)(C)c1cc(-c2nccc(/C(C#N)=N/c3ccc(F)c(Cl)c3)c2O)ccn1. The molecule has 5 nitrogen and oxygen atoms in total. The summed E-state index contributed by atoms with van der Waals surface area (Å²) in [5.41, 5.74) is 2.12. The summed E-state index contributed by atoms with van der Waals surface area (Å²) in [6, 6.07) is 10.9. The minimum absolute atomic E-state index is 0.0427. The van der Waals surface area contributed by atoms with E-state index >= 15 is 0 Å². The average Bonchev–Trinajstić information content (AvgIpc) is 2.69. The van der Waals surface area contributed by atoms with Crippen LogP contribution in [0, 0.1) is 17.1 Å². The monoisotopic (exact) mass is 408 g/mol. The zero-order chi connectivity index (χ0) is 21.2. The maximum Gasteiger partial charge on any atom is 0.152 e. The molecule has 0 aliphatic heterocycles. The topological polar surface area (TPSA) is 82.2 Å². The van der Waals surface area contributed by atoms with Crippen LogP contribution in [-0.2, 0) is 5.41 Å². The van der Waals surface area contributed by atoms with Crippen molar-refractivity contribution >= 4 is 23.0 Å². The first-order valence-electron chi connectivity index (χ1n) is 8.80. The minimum atomic E-state index is -0.578. The van der Waals surface area contributed by atoms with Crippen LogP contribution in [-0.4, -0.2) is 20.8 Å². The predicted molar refractivity (Wildman–Crippen MR) is 111 cm³/mol. The second-order valence-corrected chi connectivity index (χ2v) is 7.81. The molecule has 0 aliphatic carbocycles. The van der Waals surface area contributed by atoms with E-state index in [-0.39, 0.29) is 27.5 Å². The summed E-state index contributed by atoms with van der Waals surface area (Å²) >= 11 is 5.78. The summed E-state index contributed by atoms with van der Waals surface area (Å²) in [5.74, 6) is -0.752. The number of halogens is 2. The summed E-state index contributed by atoms with van der Waals surface area (Å²) < 4.78 is 13.4. The van der Waals surface area contributed by atoms with Crippen LogP contribution in [0.4, 0.5) is 10.1 Å². The van der Waals surface area contributed by atoms with Crippen LogP contribution >= 0.6 is 11.6 Å². The molecule has 0 atom stereocenters. The van der Waals surface area contributed by atoms with E-state index in [0.29, 0.717) is 16.9 Å². The molecule has 3 rings (SSSR count). The van der Waals surface area contributed by atoms with E-state index in [9.17, 15) is 14.8 Å². The van der Waals surface area contributed by atoms with Crippen molar-refractivity contribution in [2.24, 2.45) is 4.99 Å². The van der Waals surface area contributed by atoms with E-state index in [4.69, 9.17) is 11.6 Å². The quantitative estimate of drug-likeness (QED) is 0.573. The lowest BCUT2D eigenvalue weighted by molar-refractivity contribution is 0.474. The van der Waals surface area contributed by atoms with Crippen molar-refractivity contribution in [3.63, 3.8) is 0 Å². The van der Waals surface area contributed by atoms with E-state index in [1.165, 1.54) is 30.5 Å². The molecule has 0 saturated heterocycles. The number of nitrogens with zero attached hydrogens (tertiary/aromatic N) is 4. The van der Waals surface area contributed by atoms with E-state index < -0.39 is 5.82 Å². The third-order valence-electron chi connectivity index (χ3n) is 4.23. The molecule has 0 saturated carbocycles. The van der Waals surface area contributed by atoms with Crippen LogP contribution in [0.5, 0.6) is 5.75 Å². The van der Waals surface area contributed by atoms with Crippen molar-refractivity contribution in [1.82, 2.24) is 9.97 Å². The van der Waals surface area contributed by atoms with E-state index in [2.05, 4.69) is 15.0 Å². The van der Waals surface area contributed by atoms with Gasteiger partial charge in [0, 0.05) is 29.1 Å². The van der Waals surface area contributed by atoms with Gasteiger partial charge in [-0.1, -0.05) is 32.4 Å². The molecule has 0 aliphatic rings. The number of aromatic nitrogens is 2. The molecule has 1 aromatic carbocycles. The van der Waals surface area contributed by atoms with Gasteiger partial charge in [-0.3, -0.25) is 9.97 Å². The lowest BCUT2D eigenvalue weighted by Crippen LogP contribution is -2.13. The fourth-order valence-corrected chi connectivity index (χ4v) is 2.85.